The van der Waals surface area contributed by atoms with E-state index in [0.29, 0.717) is 0 Å². The van der Waals surface area contributed by atoms with E-state index in [9.17, 15) is 20.3 Å². The average molecular weight is 209 g/mol. The van der Waals surface area contributed by atoms with Crippen LogP contribution in [0, 0.1) is 10.1 Å². The number of hydrogen-bond donors (Lipinski definition) is 2. The fourth-order valence-corrected chi connectivity index (χ4v) is 1.21. The predicted octanol–water partition coefficient (Wildman–Crippen LogP) is 1.91. The first-order valence-corrected chi connectivity index (χ1v) is 4.32. The van der Waals surface area contributed by atoms with Gasteiger partial charge in [0.2, 0.25) is 0 Å². The highest BCUT2D eigenvalue weighted by atomic mass is 16.6. The lowest BCUT2D eigenvalue weighted by Gasteiger charge is -2.09. The fraction of sp³-hybridized carbons (Fsp3) is 0.200. The second-order valence-electron chi connectivity index (χ2n) is 3.04. The molecular weight excluding hydrogens is 198 g/mol. The number of aliphatic hydroxyl groups is 1. The van der Waals surface area contributed by atoms with Gasteiger partial charge in [-0.15, -0.1) is 6.58 Å². The third kappa shape index (κ3) is 2.54. The molecule has 0 aliphatic carbocycles. The number of aromatic hydroxyl groups is 1. The molecule has 0 bridgehead atoms. The van der Waals surface area contributed by atoms with Crippen molar-refractivity contribution >= 4 is 5.69 Å². The molecule has 0 aliphatic rings. The zero-order valence-electron chi connectivity index (χ0n) is 7.96. The molecule has 5 heteroatoms. The van der Waals surface area contributed by atoms with Crippen molar-refractivity contribution < 1.29 is 15.1 Å². The number of nitrogens with zero attached hydrogens (tertiary/aromatic N) is 1. The molecule has 0 radical (unpaired) electrons. The number of nitro groups is 1. The molecule has 1 aromatic carbocycles. The van der Waals surface area contributed by atoms with Gasteiger partial charge in [0.1, 0.15) is 5.75 Å². The van der Waals surface area contributed by atoms with Crippen molar-refractivity contribution in [3.05, 3.63) is 46.5 Å². The smallest absolute Gasteiger partial charge is 0.270 e. The molecule has 0 fully saturated rings. The number of rotatable bonds is 4. The quantitative estimate of drug-likeness (QED) is 0.450. The van der Waals surface area contributed by atoms with Crippen molar-refractivity contribution in [3.8, 4) is 5.75 Å². The molecule has 2 N–H and O–H groups in total. The second-order valence-corrected chi connectivity index (χ2v) is 3.04. The molecular formula is C10H11NO4. The highest BCUT2D eigenvalue weighted by molar-refractivity contribution is 5.44. The number of nitro benzene ring substituents is 1. The van der Waals surface area contributed by atoms with Crippen LogP contribution >= 0.6 is 0 Å². The summed E-state index contributed by atoms with van der Waals surface area (Å²) in [5, 5.41) is 29.4. The summed E-state index contributed by atoms with van der Waals surface area (Å²) in [6.07, 6.45) is 0.736. The molecule has 5 nitrogen and oxygen atoms in total. The Kier molecular flexibility index (Phi) is 3.41. The van der Waals surface area contributed by atoms with Gasteiger partial charge in [-0.3, -0.25) is 10.1 Å². The number of hydrogen-bond acceptors (Lipinski definition) is 4. The molecule has 1 atom stereocenters. The number of aliphatic hydroxyl groups excluding tert-OH is 1. The topological polar surface area (TPSA) is 83.6 Å². The second kappa shape index (κ2) is 4.56. The Bertz CT molecular complexity index is 389. The van der Waals surface area contributed by atoms with Crippen LogP contribution < -0.4 is 0 Å². The summed E-state index contributed by atoms with van der Waals surface area (Å²) in [6, 6.07) is 3.53. The number of benzene rings is 1. The van der Waals surface area contributed by atoms with Crippen molar-refractivity contribution in [3.63, 3.8) is 0 Å². The van der Waals surface area contributed by atoms with E-state index >= 15 is 0 Å². The summed E-state index contributed by atoms with van der Waals surface area (Å²) >= 11 is 0. The molecule has 1 rings (SSSR count). The summed E-state index contributed by atoms with van der Waals surface area (Å²) in [6.45, 7) is 3.44. The average Bonchev–Trinajstić information content (AvgIpc) is 2.18. The predicted molar refractivity (Wildman–Crippen MR) is 54.5 cm³/mol. The van der Waals surface area contributed by atoms with E-state index in [-0.39, 0.29) is 23.4 Å². The van der Waals surface area contributed by atoms with Gasteiger partial charge < -0.3 is 10.2 Å². The molecule has 15 heavy (non-hydrogen) atoms. The van der Waals surface area contributed by atoms with E-state index < -0.39 is 11.0 Å². The highest BCUT2D eigenvalue weighted by Crippen LogP contribution is 2.29. The number of phenolic OH excluding ortho intramolecular Hbond substituents is 1. The first-order valence-electron chi connectivity index (χ1n) is 4.32. The molecule has 0 aliphatic heterocycles. The molecule has 0 aromatic heterocycles. The van der Waals surface area contributed by atoms with Gasteiger partial charge in [-0.2, -0.15) is 0 Å². The van der Waals surface area contributed by atoms with Crippen molar-refractivity contribution in [1.29, 1.82) is 0 Å². The lowest BCUT2D eigenvalue weighted by molar-refractivity contribution is -0.385. The summed E-state index contributed by atoms with van der Waals surface area (Å²) in [5.74, 6) is -0.157. The van der Waals surface area contributed by atoms with Gasteiger partial charge in [-0.25, -0.2) is 0 Å². The molecule has 0 saturated heterocycles. The van der Waals surface area contributed by atoms with Gasteiger partial charge in [0, 0.05) is 17.7 Å². The normalized spacial score (nSPS) is 12.1. The minimum Gasteiger partial charge on any atom is -0.508 e. The van der Waals surface area contributed by atoms with Gasteiger partial charge in [-0.05, 0) is 12.5 Å². The lowest BCUT2D eigenvalue weighted by atomic mass is 10.0. The van der Waals surface area contributed by atoms with E-state index in [1.54, 1.807) is 0 Å². The van der Waals surface area contributed by atoms with Crippen molar-refractivity contribution in [2.75, 3.05) is 0 Å². The van der Waals surface area contributed by atoms with Crippen LogP contribution in [0.3, 0.4) is 0 Å². The van der Waals surface area contributed by atoms with Crippen LogP contribution in [-0.2, 0) is 0 Å². The van der Waals surface area contributed by atoms with E-state index in [1.807, 2.05) is 0 Å². The van der Waals surface area contributed by atoms with Crippen LogP contribution in [-0.4, -0.2) is 15.1 Å². The molecule has 0 spiro atoms. The molecule has 1 unspecified atom stereocenters. The van der Waals surface area contributed by atoms with Gasteiger partial charge >= 0.3 is 0 Å². The number of phenols is 1. The lowest BCUT2D eigenvalue weighted by Crippen LogP contribution is -1.98. The Hall–Kier alpha value is -1.88. The van der Waals surface area contributed by atoms with Gasteiger partial charge in [0.05, 0.1) is 11.0 Å². The first-order chi connectivity index (χ1) is 7.06. The van der Waals surface area contributed by atoms with E-state index in [1.165, 1.54) is 18.2 Å². The Morgan fingerprint density at radius 2 is 2.27 bits per heavy atom. The summed E-state index contributed by atoms with van der Waals surface area (Å²) in [4.78, 5) is 9.89. The minimum absolute atomic E-state index is 0.143. The zero-order valence-corrected chi connectivity index (χ0v) is 7.96. The summed E-state index contributed by atoms with van der Waals surface area (Å²) in [5.41, 5.74) is -0.0185. The maximum absolute atomic E-state index is 10.5. The van der Waals surface area contributed by atoms with Crippen LogP contribution in [0.4, 0.5) is 5.69 Å². The van der Waals surface area contributed by atoms with Crippen LogP contribution in [0.15, 0.2) is 30.9 Å². The Morgan fingerprint density at radius 1 is 1.60 bits per heavy atom. The Balaban J connectivity index is 3.09. The van der Waals surface area contributed by atoms with Gasteiger partial charge in [-0.1, -0.05) is 6.08 Å². The van der Waals surface area contributed by atoms with Crippen LogP contribution in [0.2, 0.25) is 0 Å². The largest absolute Gasteiger partial charge is 0.508 e. The molecule has 0 heterocycles. The first kappa shape index (κ1) is 11.2. The van der Waals surface area contributed by atoms with Crippen LogP contribution in [0.5, 0.6) is 5.75 Å². The maximum Gasteiger partial charge on any atom is 0.270 e. The maximum atomic E-state index is 10.5. The standard InChI is InChI=1S/C10H11NO4/c1-2-3-9(12)8-6-7(11(14)15)4-5-10(8)13/h2,4-6,9,12-13H,1,3H2. The Labute approximate surface area is 86.4 Å². The van der Waals surface area contributed by atoms with Crippen molar-refractivity contribution in [1.82, 2.24) is 0 Å². The summed E-state index contributed by atoms with van der Waals surface area (Å²) in [7, 11) is 0. The van der Waals surface area contributed by atoms with Crippen molar-refractivity contribution in [2.24, 2.45) is 0 Å². The fourth-order valence-electron chi connectivity index (χ4n) is 1.21. The monoisotopic (exact) mass is 209 g/mol. The van der Waals surface area contributed by atoms with E-state index in [0.717, 1.165) is 6.07 Å². The molecule has 0 amide bonds. The molecule has 1 aromatic rings. The summed E-state index contributed by atoms with van der Waals surface area (Å²) < 4.78 is 0. The molecule has 80 valence electrons. The minimum atomic E-state index is -0.970. The number of non-ortho nitro benzene ring substituents is 1. The SMILES string of the molecule is C=CCC(O)c1cc([N+](=O)[O-])ccc1O. The third-order valence-electron chi connectivity index (χ3n) is 1.97. The van der Waals surface area contributed by atoms with Crippen LogP contribution in [0.25, 0.3) is 0 Å². The van der Waals surface area contributed by atoms with Gasteiger partial charge in [0.15, 0.2) is 0 Å². The highest BCUT2D eigenvalue weighted by Gasteiger charge is 2.15. The Morgan fingerprint density at radius 3 is 2.80 bits per heavy atom. The molecule has 0 saturated carbocycles. The van der Waals surface area contributed by atoms with Gasteiger partial charge in [0.25, 0.3) is 5.69 Å². The zero-order chi connectivity index (χ0) is 11.4. The van der Waals surface area contributed by atoms with Crippen molar-refractivity contribution in [2.45, 2.75) is 12.5 Å². The third-order valence-corrected chi connectivity index (χ3v) is 1.97. The van der Waals surface area contributed by atoms with Crippen LogP contribution in [0.1, 0.15) is 18.1 Å². The van der Waals surface area contributed by atoms with E-state index in [2.05, 4.69) is 6.58 Å². The van der Waals surface area contributed by atoms with E-state index in [4.69, 9.17) is 0 Å².